The zero-order chi connectivity index (χ0) is 9.40. The molecule has 0 heterocycles. The molecule has 0 spiro atoms. The monoisotopic (exact) mass is 166 g/mol. The zero-order valence-corrected chi connectivity index (χ0v) is 8.33. The molecule has 0 atom stereocenters. The predicted molar refractivity (Wildman–Crippen MR) is 55.8 cm³/mol. The normalized spacial score (nSPS) is 8.33. The molecule has 0 saturated heterocycles. The van der Waals surface area contributed by atoms with Crippen molar-refractivity contribution >= 4 is 5.69 Å². The van der Waals surface area contributed by atoms with Gasteiger partial charge in [0.1, 0.15) is 0 Å². The number of para-hydroxylation sites is 1. The summed E-state index contributed by atoms with van der Waals surface area (Å²) >= 11 is 0. The number of hydrogen-bond acceptors (Lipinski definition) is 2. The number of nitrogens with one attached hydrogen (secondary N) is 1. The number of hydrogen-bond donors (Lipinski definition) is 1. The Labute approximate surface area is 75.2 Å². The Morgan fingerprint density at radius 3 is 1.67 bits per heavy atom. The van der Waals surface area contributed by atoms with Crippen molar-refractivity contribution in [2.75, 3.05) is 33.1 Å². The van der Waals surface area contributed by atoms with Gasteiger partial charge in [-0.3, -0.25) is 0 Å². The Kier molecular flexibility index (Phi) is 6.11. The van der Waals surface area contributed by atoms with E-state index in [1.54, 1.807) is 0 Å². The molecule has 12 heavy (non-hydrogen) atoms. The Hall–Kier alpha value is -1.02. The molecule has 0 radical (unpaired) electrons. The number of nitrogens with zero attached hydrogens (tertiary/aromatic N) is 1. The summed E-state index contributed by atoms with van der Waals surface area (Å²) in [4.78, 5) is 2.08. The van der Waals surface area contributed by atoms with Gasteiger partial charge in [-0.2, -0.15) is 0 Å². The van der Waals surface area contributed by atoms with Crippen LogP contribution in [-0.2, 0) is 0 Å². The lowest BCUT2D eigenvalue weighted by Crippen LogP contribution is -2.07. The topological polar surface area (TPSA) is 15.3 Å². The number of anilines is 1. The molecule has 2 heteroatoms. The highest BCUT2D eigenvalue weighted by Crippen LogP contribution is 2.07. The highest BCUT2D eigenvalue weighted by molar-refractivity contribution is 5.43. The summed E-state index contributed by atoms with van der Waals surface area (Å²) in [6, 6.07) is 10.3. The lowest BCUT2D eigenvalue weighted by Gasteiger charge is -2.10. The third-order valence-corrected chi connectivity index (χ3v) is 1.27. The highest BCUT2D eigenvalue weighted by atomic mass is 15.1. The highest BCUT2D eigenvalue weighted by Gasteiger charge is 1.87. The van der Waals surface area contributed by atoms with Crippen molar-refractivity contribution in [2.45, 2.75) is 0 Å². The van der Waals surface area contributed by atoms with E-state index in [2.05, 4.69) is 22.3 Å². The minimum Gasteiger partial charge on any atom is -0.378 e. The molecule has 0 bridgehead atoms. The molecular formula is C10H18N2. The fourth-order valence-corrected chi connectivity index (χ4v) is 0.726. The zero-order valence-electron chi connectivity index (χ0n) is 8.33. The van der Waals surface area contributed by atoms with Crippen LogP contribution in [-0.4, -0.2) is 28.2 Å². The Bertz CT molecular complexity index is 182. The van der Waals surface area contributed by atoms with Gasteiger partial charge in [-0.15, -0.1) is 0 Å². The molecule has 1 N–H and O–H groups in total. The third kappa shape index (κ3) is 4.74. The van der Waals surface area contributed by atoms with Gasteiger partial charge in [0.05, 0.1) is 0 Å². The lowest BCUT2D eigenvalue weighted by atomic mass is 10.3. The standard InChI is InChI=1S/C8H11N.C2H7N/c1-9(2)8-6-4-3-5-7-8;1-3-2/h3-7H,1-2H3;3H,1-2H3. The third-order valence-electron chi connectivity index (χ3n) is 1.27. The van der Waals surface area contributed by atoms with Gasteiger partial charge in [0, 0.05) is 19.8 Å². The second-order valence-corrected chi connectivity index (χ2v) is 2.73. The summed E-state index contributed by atoms with van der Waals surface area (Å²) in [5.41, 5.74) is 1.25. The molecule has 0 aliphatic carbocycles. The van der Waals surface area contributed by atoms with Gasteiger partial charge in [0.15, 0.2) is 0 Å². The van der Waals surface area contributed by atoms with Crippen LogP contribution < -0.4 is 10.2 Å². The molecule has 0 aromatic heterocycles. The summed E-state index contributed by atoms with van der Waals surface area (Å²) in [6.45, 7) is 0. The van der Waals surface area contributed by atoms with Gasteiger partial charge in [0.2, 0.25) is 0 Å². The van der Waals surface area contributed by atoms with Gasteiger partial charge >= 0.3 is 0 Å². The Morgan fingerprint density at radius 1 is 1.00 bits per heavy atom. The molecule has 0 saturated carbocycles. The van der Waals surface area contributed by atoms with Crippen molar-refractivity contribution in [3.05, 3.63) is 30.3 Å². The summed E-state index contributed by atoms with van der Waals surface area (Å²) < 4.78 is 0. The molecule has 1 aromatic rings. The van der Waals surface area contributed by atoms with E-state index in [-0.39, 0.29) is 0 Å². The lowest BCUT2D eigenvalue weighted by molar-refractivity contribution is 1.02. The second-order valence-electron chi connectivity index (χ2n) is 2.73. The maximum Gasteiger partial charge on any atom is 0.0360 e. The van der Waals surface area contributed by atoms with Crippen LogP contribution in [0.2, 0.25) is 0 Å². The summed E-state index contributed by atoms with van der Waals surface area (Å²) in [5, 5.41) is 2.75. The number of rotatable bonds is 1. The largest absolute Gasteiger partial charge is 0.378 e. The predicted octanol–water partition coefficient (Wildman–Crippen LogP) is 1.59. The summed E-state index contributed by atoms with van der Waals surface area (Å²) in [5.74, 6) is 0. The summed E-state index contributed by atoms with van der Waals surface area (Å²) in [6.07, 6.45) is 0. The van der Waals surface area contributed by atoms with Crippen molar-refractivity contribution in [3.63, 3.8) is 0 Å². The average molecular weight is 166 g/mol. The van der Waals surface area contributed by atoms with Crippen LogP contribution in [0.3, 0.4) is 0 Å². The summed E-state index contributed by atoms with van der Waals surface area (Å²) in [7, 11) is 7.82. The number of benzene rings is 1. The Morgan fingerprint density at radius 2 is 1.42 bits per heavy atom. The second kappa shape index (κ2) is 6.68. The van der Waals surface area contributed by atoms with Crippen molar-refractivity contribution in [1.29, 1.82) is 0 Å². The van der Waals surface area contributed by atoms with Crippen LogP contribution in [0.4, 0.5) is 5.69 Å². The van der Waals surface area contributed by atoms with E-state index in [0.717, 1.165) is 0 Å². The maximum absolute atomic E-state index is 2.75. The first kappa shape index (κ1) is 11.0. The van der Waals surface area contributed by atoms with E-state index >= 15 is 0 Å². The van der Waals surface area contributed by atoms with E-state index in [4.69, 9.17) is 0 Å². The fraction of sp³-hybridized carbons (Fsp3) is 0.400. The molecule has 0 fully saturated rings. The molecule has 0 aliphatic rings. The quantitative estimate of drug-likeness (QED) is 0.681. The minimum atomic E-state index is 1.25. The van der Waals surface area contributed by atoms with E-state index in [1.165, 1.54) is 5.69 Å². The van der Waals surface area contributed by atoms with E-state index < -0.39 is 0 Å². The molecule has 0 unspecified atom stereocenters. The van der Waals surface area contributed by atoms with Crippen molar-refractivity contribution < 1.29 is 0 Å². The van der Waals surface area contributed by atoms with Gasteiger partial charge in [-0.25, -0.2) is 0 Å². The minimum absolute atomic E-state index is 1.25. The molecule has 1 rings (SSSR count). The fourth-order valence-electron chi connectivity index (χ4n) is 0.726. The van der Waals surface area contributed by atoms with Crippen molar-refractivity contribution in [1.82, 2.24) is 5.32 Å². The first-order valence-electron chi connectivity index (χ1n) is 4.03. The van der Waals surface area contributed by atoms with Crippen molar-refractivity contribution in [2.24, 2.45) is 0 Å². The SMILES string of the molecule is CN(C)c1ccccc1.CNC. The molecule has 68 valence electrons. The van der Waals surface area contributed by atoms with Crippen LogP contribution in [0.5, 0.6) is 0 Å². The van der Waals surface area contributed by atoms with Crippen LogP contribution in [0.25, 0.3) is 0 Å². The van der Waals surface area contributed by atoms with Gasteiger partial charge in [0.25, 0.3) is 0 Å². The van der Waals surface area contributed by atoms with Crippen LogP contribution in [0, 0.1) is 0 Å². The maximum atomic E-state index is 2.75. The first-order valence-corrected chi connectivity index (χ1v) is 4.03. The molecule has 0 aliphatic heterocycles. The van der Waals surface area contributed by atoms with Gasteiger partial charge in [-0.05, 0) is 26.2 Å². The molecule has 0 amide bonds. The molecule has 2 nitrogen and oxygen atoms in total. The smallest absolute Gasteiger partial charge is 0.0360 e. The molecular weight excluding hydrogens is 148 g/mol. The van der Waals surface area contributed by atoms with E-state index in [1.807, 2.05) is 46.4 Å². The van der Waals surface area contributed by atoms with Crippen LogP contribution in [0.1, 0.15) is 0 Å². The van der Waals surface area contributed by atoms with Crippen molar-refractivity contribution in [3.8, 4) is 0 Å². The Balaban J connectivity index is 0.000000354. The first-order chi connectivity index (χ1) is 5.72. The van der Waals surface area contributed by atoms with Gasteiger partial charge in [-0.1, -0.05) is 18.2 Å². The van der Waals surface area contributed by atoms with Gasteiger partial charge < -0.3 is 10.2 Å². The average Bonchev–Trinajstić information content (AvgIpc) is 2.07. The van der Waals surface area contributed by atoms with Crippen LogP contribution >= 0.6 is 0 Å². The van der Waals surface area contributed by atoms with E-state index in [0.29, 0.717) is 0 Å². The molecule has 1 aromatic carbocycles. The van der Waals surface area contributed by atoms with E-state index in [9.17, 15) is 0 Å². The van der Waals surface area contributed by atoms with Crippen LogP contribution in [0.15, 0.2) is 30.3 Å².